The molecule has 0 saturated carbocycles. The Balaban J connectivity index is 2.43. The summed E-state index contributed by atoms with van der Waals surface area (Å²) in [4.78, 5) is 6.69. The van der Waals surface area contributed by atoms with Crippen LogP contribution < -0.4 is 5.32 Å². The van der Waals surface area contributed by atoms with Gasteiger partial charge in [-0.3, -0.25) is 4.90 Å². The third-order valence-electron chi connectivity index (χ3n) is 2.88. The molecule has 0 saturated heterocycles. The zero-order valence-corrected chi connectivity index (χ0v) is 11.8. The Hall–Kier alpha value is -0.870. The van der Waals surface area contributed by atoms with Crippen molar-refractivity contribution in [3.8, 4) is 0 Å². The number of aromatic nitrogens is 2. The molecular formula is C13H26N4. The van der Waals surface area contributed by atoms with E-state index >= 15 is 0 Å². The maximum atomic E-state index is 4.35. The maximum absolute atomic E-state index is 4.35. The highest BCUT2D eigenvalue weighted by atomic mass is 15.2. The molecule has 0 aliphatic heterocycles. The Morgan fingerprint density at radius 3 is 2.71 bits per heavy atom. The highest BCUT2D eigenvalue weighted by Crippen LogP contribution is 2.16. The quantitative estimate of drug-likeness (QED) is 0.781. The van der Waals surface area contributed by atoms with Crippen LogP contribution in [-0.4, -0.2) is 41.1 Å². The van der Waals surface area contributed by atoms with Crippen molar-refractivity contribution in [2.75, 3.05) is 26.7 Å². The molecule has 0 aliphatic carbocycles. The molecule has 1 N–H and O–H groups in total. The van der Waals surface area contributed by atoms with Gasteiger partial charge in [-0.05, 0) is 19.0 Å². The predicted molar refractivity (Wildman–Crippen MR) is 71.9 cm³/mol. The first kappa shape index (κ1) is 14.2. The summed E-state index contributed by atoms with van der Waals surface area (Å²) >= 11 is 0. The van der Waals surface area contributed by atoms with E-state index in [0.29, 0.717) is 0 Å². The summed E-state index contributed by atoms with van der Waals surface area (Å²) < 4.78 is 2.08. The minimum atomic E-state index is 0.288. The van der Waals surface area contributed by atoms with E-state index < -0.39 is 0 Å². The molecule has 1 aromatic heterocycles. The Bertz CT molecular complexity index is 330. The maximum Gasteiger partial charge on any atom is 0.122 e. The molecule has 0 amide bonds. The van der Waals surface area contributed by atoms with Crippen LogP contribution in [0.15, 0.2) is 12.4 Å². The molecule has 0 fully saturated rings. The SMILES string of the molecule is CCNCC(C)(C)CN(C)Cc1nccn1C. The lowest BCUT2D eigenvalue weighted by Gasteiger charge is -2.30. The molecule has 0 unspecified atom stereocenters. The average molecular weight is 238 g/mol. The van der Waals surface area contributed by atoms with Gasteiger partial charge in [0.25, 0.3) is 0 Å². The van der Waals surface area contributed by atoms with Gasteiger partial charge in [-0.1, -0.05) is 20.8 Å². The Labute approximate surface area is 105 Å². The van der Waals surface area contributed by atoms with E-state index in [-0.39, 0.29) is 5.41 Å². The van der Waals surface area contributed by atoms with Crippen LogP contribution in [0.5, 0.6) is 0 Å². The van der Waals surface area contributed by atoms with E-state index in [9.17, 15) is 0 Å². The minimum Gasteiger partial charge on any atom is -0.337 e. The van der Waals surface area contributed by atoms with Gasteiger partial charge in [-0.2, -0.15) is 0 Å². The first-order valence-electron chi connectivity index (χ1n) is 6.30. The van der Waals surface area contributed by atoms with Gasteiger partial charge < -0.3 is 9.88 Å². The molecule has 0 atom stereocenters. The summed E-state index contributed by atoms with van der Waals surface area (Å²) in [5.41, 5.74) is 0.288. The van der Waals surface area contributed by atoms with Gasteiger partial charge in [-0.15, -0.1) is 0 Å². The molecule has 4 heteroatoms. The topological polar surface area (TPSA) is 33.1 Å². The smallest absolute Gasteiger partial charge is 0.122 e. The monoisotopic (exact) mass is 238 g/mol. The van der Waals surface area contributed by atoms with E-state index in [1.54, 1.807) is 0 Å². The first-order valence-corrected chi connectivity index (χ1v) is 6.30. The second kappa shape index (κ2) is 6.17. The first-order chi connectivity index (χ1) is 7.94. The van der Waals surface area contributed by atoms with Crippen molar-refractivity contribution in [3.05, 3.63) is 18.2 Å². The zero-order valence-electron chi connectivity index (χ0n) is 11.8. The molecule has 0 aromatic carbocycles. The second-order valence-electron chi connectivity index (χ2n) is 5.57. The molecule has 1 aromatic rings. The molecule has 1 heterocycles. The van der Waals surface area contributed by atoms with E-state index in [0.717, 1.165) is 32.0 Å². The van der Waals surface area contributed by atoms with Gasteiger partial charge in [0.05, 0.1) is 6.54 Å². The number of imidazole rings is 1. The van der Waals surface area contributed by atoms with Gasteiger partial charge in [0.15, 0.2) is 0 Å². The van der Waals surface area contributed by atoms with Crippen molar-refractivity contribution in [1.29, 1.82) is 0 Å². The summed E-state index contributed by atoms with van der Waals surface area (Å²) in [6.45, 7) is 10.8. The van der Waals surface area contributed by atoms with Crippen molar-refractivity contribution in [2.45, 2.75) is 27.3 Å². The lowest BCUT2D eigenvalue weighted by molar-refractivity contribution is 0.195. The third-order valence-corrected chi connectivity index (χ3v) is 2.88. The fourth-order valence-corrected chi connectivity index (χ4v) is 2.10. The van der Waals surface area contributed by atoms with E-state index in [2.05, 4.69) is 47.6 Å². The average Bonchev–Trinajstić information content (AvgIpc) is 2.61. The van der Waals surface area contributed by atoms with Crippen molar-refractivity contribution >= 4 is 0 Å². The highest BCUT2D eigenvalue weighted by molar-refractivity contribution is 4.91. The molecule has 0 aliphatic rings. The molecule has 0 spiro atoms. The number of nitrogens with one attached hydrogen (secondary N) is 1. The highest BCUT2D eigenvalue weighted by Gasteiger charge is 2.20. The van der Waals surface area contributed by atoms with E-state index in [4.69, 9.17) is 0 Å². The van der Waals surface area contributed by atoms with Gasteiger partial charge in [0.1, 0.15) is 5.82 Å². The van der Waals surface area contributed by atoms with Gasteiger partial charge in [0, 0.05) is 32.5 Å². The van der Waals surface area contributed by atoms with Gasteiger partial charge in [-0.25, -0.2) is 4.98 Å². The summed E-state index contributed by atoms with van der Waals surface area (Å²) in [5, 5.41) is 3.42. The minimum absolute atomic E-state index is 0.288. The standard InChI is InChI=1S/C13H26N4/c1-6-14-10-13(2,3)11-16(4)9-12-15-7-8-17(12)5/h7-8,14H,6,9-11H2,1-5H3. The third kappa shape index (κ3) is 4.88. The van der Waals surface area contributed by atoms with Crippen LogP contribution in [0.3, 0.4) is 0 Å². The van der Waals surface area contributed by atoms with Crippen LogP contribution in [0.2, 0.25) is 0 Å². The number of nitrogens with zero attached hydrogens (tertiary/aromatic N) is 3. The number of aryl methyl sites for hydroxylation is 1. The normalized spacial score (nSPS) is 12.4. The lowest BCUT2D eigenvalue weighted by Crippen LogP contribution is -2.39. The molecule has 0 bridgehead atoms. The molecule has 0 radical (unpaired) electrons. The fourth-order valence-electron chi connectivity index (χ4n) is 2.10. The Morgan fingerprint density at radius 2 is 2.18 bits per heavy atom. The summed E-state index contributed by atoms with van der Waals surface area (Å²) in [6.07, 6.45) is 3.85. The number of hydrogen-bond acceptors (Lipinski definition) is 3. The van der Waals surface area contributed by atoms with Crippen molar-refractivity contribution in [1.82, 2.24) is 19.8 Å². The Kier molecular flexibility index (Phi) is 5.15. The lowest BCUT2D eigenvalue weighted by atomic mass is 9.93. The molecular weight excluding hydrogens is 212 g/mol. The summed E-state index contributed by atoms with van der Waals surface area (Å²) in [6, 6.07) is 0. The van der Waals surface area contributed by atoms with Crippen molar-refractivity contribution in [3.63, 3.8) is 0 Å². The predicted octanol–water partition coefficient (Wildman–Crippen LogP) is 1.49. The van der Waals surface area contributed by atoms with Gasteiger partial charge >= 0.3 is 0 Å². The molecule has 98 valence electrons. The fraction of sp³-hybridized carbons (Fsp3) is 0.769. The summed E-state index contributed by atoms with van der Waals surface area (Å²) in [7, 11) is 4.20. The van der Waals surface area contributed by atoms with E-state index in [1.807, 2.05) is 19.4 Å². The van der Waals surface area contributed by atoms with Crippen LogP contribution in [0.4, 0.5) is 0 Å². The van der Waals surface area contributed by atoms with Crippen LogP contribution in [-0.2, 0) is 13.6 Å². The largest absolute Gasteiger partial charge is 0.337 e. The van der Waals surface area contributed by atoms with Crippen molar-refractivity contribution in [2.24, 2.45) is 12.5 Å². The molecule has 1 rings (SSSR count). The Morgan fingerprint density at radius 1 is 1.47 bits per heavy atom. The molecule has 17 heavy (non-hydrogen) atoms. The van der Waals surface area contributed by atoms with Gasteiger partial charge in [0.2, 0.25) is 0 Å². The van der Waals surface area contributed by atoms with Crippen molar-refractivity contribution < 1.29 is 0 Å². The number of hydrogen-bond donors (Lipinski definition) is 1. The van der Waals surface area contributed by atoms with E-state index in [1.165, 1.54) is 0 Å². The van der Waals surface area contributed by atoms with Crippen LogP contribution in [0.25, 0.3) is 0 Å². The van der Waals surface area contributed by atoms with Crippen LogP contribution in [0.1, 0.15) is 26.6 Å². The second-order valence-corrected chi connectivity index (χ2v) is 5.57. The number of rotatable bonds is 7. The summed E-state index contributed by atoms with van der Waals surface area (Å²) in [5.74, 6) is 1.12. The van der Waals surface area contributed by atoms with Crippen LogP contribution >= 0.6 is 0 Å². The molecule has 4 nitrogen and oxygen atoms in total. The zero-order chi connectivity index (χ0) is 12.9. The van der Waals surface area contributed by atoms with Crippen LogP contribution in [0, 0.1) is 5.41 Å².